The Morgan fingerprint density at radius 1 is 1.07 bits per heavy atom. The van der Waals surface area contributed by atoms with Gasteiger partial charge >= 0.3 is 16.2 Å². The van der Waals surface area contributed by atoms with E-state index in [1.54, 1.807) is 45.0 Å². The fourth-order valence-corrected chi connectivity index (χ4v) is 3.35. The van der Waals surface area contributed by atoms with Crippen LogP contribution < -0.4 is 9.50 Å². The number of alkyl carbamates (subject to hydrolysis) is 1. The molecular weight excluding hydrogens is 394 g/mol. The van der Waals surface area contributed by atoms with Gasteiger partial charge in [0.1, 0.15) is 21.8 Å². The molecule has 7 nitrogen and oxygen atoms in total. The zero-order chi connectivity index (χ0) is 21.9. The second kappa shape index (κ2) is 8.42. The van der Waals surface area contributed by atoms with E-state index in [9.17, 15) is 18.3 Å². The largest absolute Gasteiger partial charge is 0.444 e. The second-order valence-corrected chi connectivity index (χ2v) is 9.55. The summed E-state index contributed by atoms with van der Waals surface area (Å²) in [5.41, 5.74) is -0.817. The van der Waals surface area contributed by atoms with E-state index in [4.69, 9.17) is 8.92 Å². The summed E-state index contributed by atoms with van der Waals surface area (Å²) < 4.78 is 35.3. The van der Waals surface area contributed by atoms with E-state index in [0.29, 0.717) is 5.56 Å². The smallest absolute Gasteiger partial charge is 0.407 e. The molecule has 2 N–H and O–H groups in total. The Hall–Kier alpha value is -2.58. The van der Waals surface area contributed by atoms with Crippen molar-refractivity contribution >= 4 is 16.2 Å². The van der Waals surface area contributed by atoms with Gasteiger partial charge in [-0.1, -0.05) is 29.8 Å². The Bertz CT molecular complexity index is 959. The molecule has 1 atom stereocenters. The van der Waals surface area contributed by atoms with Crippen molar-refractivity contribution in [1.82, 2.24) is 5.32 Å². The first-order valence-electron chi connectivity index (χ1n) is 9.09. The molecule has 8 heteroatoms. The summed E-state index contributed by atoms with van der Waals surface area (Å²) in [4.78, 5) is 11.9. The van der Waals surface area contributed by atoms with Gasteiger partial charge in [-0.05, 0) is 64.4 Å². The van der Waals surface area contributed by atoms with Gasteiger partial charge in [-0.2, -0.15) is 8.42 Å². The normalized spacial score (nSPS) is 14.0. The van der Waals surface area contributed by atoms with Gasteiger partial charge in [0.15, 0.2) is 0 Å². The van der Waals surface area contributed by atoms with Crippen molar-refractivity contribution in [1.29, 1.82) is 0 Å². The van der Waals surface area contributed by atoms with E-state index >= 15 is 0 Å². The number of aryl methyl sites for hydroxylation is 1. The molecule has 1 unspecified atom stereocenters. The van der Waals surface area contributed by atoms with Crippen LogP contribution >= 0.6 is 0 Å². The first kappa shape index (κ1) is 22.7. The molecule has 0 spiro atoms. The lowest BCUT2D eigenvalue weighted by molar-refractivity contribution is 0.0316. The topological polar surface area (TPSA) is 102 Å². The van der Waals surface area contributed by atoms with Crippen LogP contribution in [0.4, 0.5) is 4.79 Å². The van der Waals surface area contributed by atoms with Crippen molar-refractivity contribution in [3.05, 3.63) is 59.7 Å². The molecular formula is C21H27NO6S. The fraction of sp³-hybridized carbons (Fsp3) is 0.381. The molecule has 0 aliphatic carbocycles. The van der Waals surface area contributed by atoms with E-state index in [-0.39, 0.29) is 17.2 Å². The SMILES string of the molecule is Cc1ccc(S(=O)(=O)Oc2cccc(C(C)(O)CNC(=O)OC(C)(C)C)c2)cc1. The second-order valence-electron chi connectivity index (χ2n) is 8.01. The van der Waals surface area contributed by atoms with Crippen molar-refractivity contribution in [2.24, 2.45) is 0 Å². The van der Waals surface area contributed by atoms with Crippen molar-refractivity contribution < 1.29 is 27.2 Å². The number of hydrogen-bond donors (Lipinski definition) is 2. The van der Waals surface area contributed by atoms with Gasteiger partial charge in [-0.25, -0.2) is 4.79 Å². The lowest BCUT2D eigenvalue weighted by Crippen LogP contribution is -2.41. The average Bonchev–Trinajstić information content (AvgIpc) is 2.59. The van der Waals surface area contributed by atoms with Crippen LogP contribution in [0, 0.1) is 6.92 Å². The Kier molecular flexibility index (Phi) is 6.60. The molecule has 0 saturated carbocycles. The standard InChI is InChI=1S/C21H27NO6S/c1-15-9-11-18(12-10-15)29(25,26)28-17-8-6-7-16(13-17)21(5,24)14-22-19(23)27-20(2,3)4/h6-13,24H,14H2,1-5H3,(H,22,23). The van der Waals surface area contributed by atoms with Crippen molar-refractivity contribution in [3.8, 4) is 5.75 Å². The molecule has 0 aliphatic heterocycles. The molecule has 29 heavy (non-hydrogen) atoms. The summed E-state index contributed by atoms with van der Waals surface area (Å²) in [7, 11) is -4.01. The number of rotatable bonds is 6. The van der Waals surface area contributed by atoms with Crippen LogP contribution in [-0.4, -0.2) is 31.8 Å². The molecule has 2 aromatic rings. The predicted octanol–water partition coefficient (Wildman–Crippen LogP) is 3.49. The lowest BCUT2D eigenvalue weighted by atomic mass is 9.96. The highest BCUT2D eigenvalue weighted by molar-refractivity contribution is 7.87. The quantitative estimate of drug-likeness (QED) is 0.692. The minimum absolute atomic E-state index is 0.0341. The van der Waals surface area contributed by atoms with E-state index in [2.05, 4.69) is 5.32 Å². The average molecular weight is 422 g/mol. The molecule has 0 saturated heterocycles. The zero-order valence-corrected chi connectivity index (χ0v) is 18.0. The maximum Gasteiger partial charge on any atom is 0.407 e. The van der Waals surface area contributed by atoms with E-state index in [1.165, 1.54) is 31.2 Å². The molecule has 0 radical (unpaired) electrons. The maximum absolute atomic E-state index is 12.5. The molecule has 158 valence electrons. The van der Waals surface area contributed by atoms with Gasteiger partial charge in [0.25, 0.3) is 0 Å². The first-order chi connectivity index (χ1) is 13.3. The molecule has 0 heterocycles. The number of benzene rings is 2. The van der Waals surface area contributed by atoms with Crippen molar-refractivity contribution in [2.75, 3.05) is 6.54 Å². The van der Waals surface area contributed by atoms with Gasteiger partial charge in [0, 0.05) is 0 Å². The molecule has 0 bridgehead atoms. The molecule has 0 fully saturated rings. The number of hydrogen-bond acceptors (Lipinski definition) is 6. The Morgan fingerprint density at radius 2 is 1.69 bits per heavy atom. The highest BCUT2D eigenvalue weighted by atomic mass is 32.2. The lowest BCUT2D eigenvalue weighted by Gasteiger charge is -2.26. The predicted molar refractivity (Wildman–Crippen MR) is 109 cm³/mol. The Balaban J connectivity index is 2.13. The molecule has 2 aromatic carbocycles. The fourth-order valence-electron chi connectivity index (χ4n) is 2.42. The third-order valence-corrected chi connectivity index (χ3v) is 5.21. The summed E-state index contributed by atoms with van der Waals surface area (Å²) in [6.07, 6.45) is -0.660. The van der Waals surface area contributed by atoms with Crippen LogP contribution in [0.15, 0.2) is 53.4 Å². The van der Waals surface area contributed by atoms with Crippen LogP contribution in [0.1, 0.15) is 38.8 Å². The van der Waals surface area contributed by atoms with E-state index < -0.39 is 27.4 Å². The first-order valence-corrected chi connectivity index (χ1v) is 10.5. The summed E-state index contributed by atoms with van der Waals surface area (Å²) in [6.45, 7) is 8.43. The number of amides is 1. The van der Waals surface area contributed by atoms with Gasteiger partial charge in [0.2, 0.25) is 0 Å². The molecule has 2 rings (SSSR count). The highest BCUT2D eigenvalue weighted by Gasteiger charge is 2.26. The Labute approximate surface area is 171 Å². The summed E-state index contributed by atoms with van der Waals surface area (Å²) in [5.74, 6) is 0.0561. The van der Waals surface area contributed by atoms with Crippen molar-refractivity contribution in [2.45, 2.75) is 50.7 Å². The van der Waals surface area contributed by atoms with Crippen molar-refractivity contribution in [3.63, 3.8) is 0 Å². The molecule has 1 amide bonds. The van der Waals surface area contributed by atoms with Gasteiger partial charge in [0.05, 0.1) is 6.54 Å². The Morgan fingerprint density at radius 3 is 2.28 bits per heavy atom. The number of ether oxygens (including phenoxy) is 1. The number of carbonyl (C=O) groups excluding carboxylic acids is 1. The van der Waals surface area contributed by atoms with Crippen LogP contribution in [0.2, 0.25) is 0 Å². The minimum Gasteiger partial charge on any atom is -0.444 e. The van der Waals surface area contributed by atoms with E-state index in [0.717, 1.165) is 5.56 Å². The van der Waals surface area contributed by atoms with E-state index in [1.807, 2.05) is 6.92 Å². The zero-order valence-electron chi connectivity index (χ0n) is 17.2. The van der Waals surface area contributed by atoms with Crippen LogP contribution in [0.3, 0.4) is 0 Å². The minimum atomic E-state index is -4.01. The number of carbonyl (C=O) groups is 1. The van der Waals surface area contributed by atoms with Gasteiger partial charge in [-0.3, -0.25) is 0 Å². The summed E-state index contributed by atoms with van der Waals surface area (Å²) in [5, 5.41) is 13.2. The monoisotopic (exact) mass is 421 g/mol. The van der Waals surface area contributed by atoms with Gasteiger partial charge < -0.3 is 19.3 Å². The van der Waals surface area contributed by atoms with Crippen LogP contribution in [-0.2, 0) is 20.5 Å². The summed E-state index contributed by atoms with van der Waals surface area (Å²) in [6, 6.07) is 12.4. The third-order valence-electron chi connectivity index (χ3n) is 3.95. The molecule has 0 aromatic heterocycles. The third kappa shape index (κ3) is 6.76. The maximum atomic E-state index is 12.5. The summed E-state index contributed by atoms with van der Waals surface area (Å²) >= 11 is 0. The number of nitrogens with one attached hydrogen (secondary N) is 1. The van der Waals surface area contributed by atoms with Gasteiger partial charge in [-0.15, -0.1) is 0 Å². The van der Waals surface area contributed by atoms with Crippen LogP contribution in [0.25, 0.3) is 0 Å². The number of aliphatic hydroxyl groups is 1. The molecule has 0 aliphatic rings. The van der Waals surface area contributed by atoms with Crippen LogP contribution in [0.5, 0.6) is 5.75 Å². The highest BCUT2D eigenvalue weighted by Crippen LogP contribution is 2.26.